The number of hydrogen-bond acceptors (Lipinski definition) is 3. The molecule has 1 aromatic heterocycles. The van der Waals surface area contributed by atoms with Crippen molar-refractivity contribution in [2.24, 2.45) is 7.05 Å². The van der Waals surface area contributed by atoms with Crippen molar-refractivity contribution in [3.63, 3.8) is 0 Å². The largest absolute Gasteiger partial charge is 0.336 e. The van der Waals surface area contributed by atoms with Gasteiger partial charge in [-0.2, -0.15) is 0 Å². The maximum atomic E-state index is 13.3. The number of benzene rings is 1. The predicted molar refractivity (Wildman–Crippen MR) is 83.5 cm³/mol. The van der Waals surface area contributed by atoms with Crippen LogP contribution in [-0.4, -0.2) is 40.0 Å². The summed E-state index contributed by atoms with van der Waals surface area (Å²) in [6.07, 6.45) is 3.57. The van der Waals surface area contributed by atoms with E-state index in [1.54, 1.807) is 23.2 Å². The van der Waals surface area contributed by atoms with Crippen LogP contribution in [0.1, 0.15) is 22.2 Å². The van der Waals surface area contributed by atoms with Crippen LogP contribution in [0.15, 0.2) is 36.7 Å². The third kappa shape index (κ3) is 3.13. The van der Waals surface area contributed by atoms with Crippen molar-refractivity contribution >= 4 is 18.3 Å². The van der Waals surface area contributed by atoms with Gasteiger partial charge in [0.05, 0.1) is 0 Å². The predicted octanol–water partition coefficient (Wildman–Crippen LogP) is 1.77. The first kappa shape index (κ1) is 16.5. The van der Waals surface area contributed by atoms with Gasteiger partial charge in [-0.25, -0.2) is 9.37 Å². The number of halogens is 2. The first-order valence-electron chi connectivity index (χ1n) is 6.91. The van der Waals surface area contributed by atoms with Crippen LogP contribution in [-0.2, 0) is 7.05 Å². The molecule has 0 bridgehead atoms. The number of nitrogens with zero attached hydrogens (tertiary/aromatic N) is 3. The van der Waals surface area contributed by atoms with Crippen LogP contribution in [0.2, 0.25) is 0 Å². The molecule has 118 valence electrons. The first-order valence-corrected chi connectivity index (χ1v) is 6.91. The SMILES string of the molecule is Cl.Cn1ccnc1C1CNCCN1C(=O)c1cccc(F)c1. The van der Waals surface area contributed by atoms with Crippen LogP contribution in [0, 0.1) is 5.82 Å². The lowest BCUT2D eigenvalue weighted by molar-refractivity contribution is 0.0620. The third-order valence-electron chi connectivity index (χ3n) is 3.73. The highest BCUT2D eigenvalue weighted by Gasteiger charge is 2.31. The number of aryl methyl sites for hydroxylation is 1. The van der Waals surface area contributed by atoms with Crippen molar-refractivity contribution in [1.29, 1.82) is 0 Å². The Kier molecular flexibility index (Phi) is 5.15. The van der Waals surface area contributed by atoms with Crippen molar-refractivity contribution in [1.82, 2.24) is 19.8 Å². The topological polar surface area (TPSA) is 50.2 Å². The minimum Gasteiger partial charge on any atom is -0.336 e. The van der Waals surface area contributed by atoms with E-state index in [4.69, 9.17) is 0 Å². The molecule has 5 nitrogen and oxygen atoms in total. The lowest BCUT2D eigenvalue weighted by Gasteiger charge is -2.35. The number of amides is 1. The molecule has 1 aromatic carbocycles. The number of carbonyl (C=O) groups is 1. The average molecular weight is 325 g/mol. The zero-order valence-corrected chi connectivity index (χ0v) is 13.0. The van der Waals surface area contributed by atoms with Gasteiger partial charge in [-0.1, -0.05) is 6.07 Å². The lowest BCUT2D eigenvalue weighted by atomic mass is 10.1. The van der Waals surface area contributed by atoms with Gasteiger partial charge in [-0.3, -0.25) is 4.79 Å². The van der Waals surface area contributed by atoms with Crippen LogP contribution >= 0.6 is 12.4 Å². The molecule has 1 saturated heterocycles. The summed E-state index contributed by atoms with van der Waals surface area (Å²) in [4.78, 5) is 18.8. The molecule has 1 amide bonds. The second-order valence-electron chi connectivity index (χ2n) is 5.13. The highest BCUT2D eigenvalue weighted by molar-refractivity contribution is 5.94. The number of carbonyl (C=O) groups excluding carboxylic acids is 1. The van der Waals surface area contributed by atoms with E-state index in [2.05, 4.69) is 10.3 Å². The molecule has 1 unspecified atom stereocenters. The van der Waals surface area contributed by atoms with Crippen molar-refractivity contribution in [3.8, 4) is 0 Å². The fourth-order valence-electron chi connectivity index (χ4n) is 2.66. The summed E-state index contributed by atoms with van der Waals surface area (Å²) in [5, 5.41) is 3.28. The number of piperazine rings is 1. The number of aromatic nitrogens is 2. The van der Waals surface area contributed by atoms with Gasteiger partial charge in [0.15, 0.2) is 0 Å². The zero-order valence-electron chi connectivity index (χ0n) is 12.2. The monoisotopic (exact) mass is 324 g/mol. The number of nitrogens with one attached hydrogen (secondary N) is 1. The first-order chi connectivity index (χ1) is 10.2. The molecule has 1 aliphatic heterocycles. The van der Waals surface area contributed by atoms with E-state index in [-0.39, 0.29) is 24.4 Å². The van der Waals surface area contributed by atoms with Gasteiger partial charge in [-0.15, -0.1) is 12.4 Å². The average Bonchev–Trinajstić information content (AvgIpc) is 2.92. The molecule has 3 rings (SSSR count). The maximum Gasteiger partial charge on any atom is 0.254 e. The molecule has 22 heavy (non-hydrogen) atoms. The molecule has 2 aromatic rings. The molecule has 1 fully saturated rings. The summed E-state index contributed by atoms with van der Waals surface area (Å²) in [6, 6.07) is 5.67. The number of rotatable bonds is 2. The quantitative estimate of drug-likeness (QED) is 0.916. The van der Waals surface area contributed by atoms with E-state index in [0.29, 0.717) is 18.7 Å². The molecule has 1 atom stereocenters. The van der Waals surface area contributed by atoms with Gasteiger partial charge in [0.1, 0.15) is 17.7 Å². The number of hydrogen-bond donors (Lipinski definition) is 1. The number of imidazole rings is 1. The summed E-state index contributed by atoms with van der Waals surface area (Å²) in [6.45, 7) is 1.95. The Balaban J connectivity index is 0.00000176. The Labute approximate surface area is 134 Å². The highest BCUT2D eigenvalue weighted by atomic mass is 35.5. The van der Waals surface area contributed by atoms with Gasteiger partial charge < -0.3 is 14.8 Å². The van der Waals surface area contributed by atoms with Gasteiger partial charge in [0.25, 0.3) is 5.91 Å². The smallest absolute Gasteiger partial charge is 0.254 e. The molecule has 0 aliphatic carbocycles. The van der Waals surface area contributed by atoms with E-state index in [9.17, 15) is 9.18 Å². The highest BCUT2D eigenvalue weighted by Crippen LogP contribution is 2.22. The zero-order chi connectivity index (χ0) is 14.8. The van der Waals surface area contributed by atoms with E-state index < -0.39 is 5.82 Å². The van der Waals surface area contributed by atoms with Gasteiger partial charge in [-0.05, 0) is 18.2 Å². The van der Waals surface area contributed by atoms with Crippen molar-refractivity contribution in [3.05, 3.63) is 53.9 Å². The fraction of sp³-hybridized carbons (Fsp3) is 0.333. The Morgan fingerprint density at radius 2 is 2.27 bits per heavy atom. The normalized spacial score (nSPS) is 17.9. The van der Waals surface area contributed by atoms with Crippen LogP contribution in [0.3, 0.4) is 0 Å². The summed E-state index contributed by atoms with van der Waals surface area (Å²) in [7, 11) is 1.90. The fourth-order valence-corrected chi connectivity index (χ4v) is 2.66. The van der Waals surface area contributed by atoms with E-state index in [0.717, 1.165) is 12.4 Å². The summed E-state index contributed by atoms with van der Waals surface area (Å²) < 4.78 is 15.2. The molecule has 0 spiro atoms. The molecular formula is C15H18ClFN4O. The van der Waals surface area contributed by atoms with Crippen LogP contribution in [0.5, 0.6) is 0 Å². The van der Waals surface area contributed by atoms with Crippen molar-refractivity contribution < 1.29 is 9.18 Å². The Hall–Kier alpha value is -1.92. The summed E-state index contributed by atoms with van der Waals surface area (Å²) in [5.74, 6) is 0.264. The second-order valence-corrected chi connectivity index (χ2v) is 5.13. The Morgan fingerprint density at radius 3 is 2.95 bits per heavy atom. The molecule has 7 heteroatoms. The molecule has 1 aliphatic rings. The van der Waals surface area contributed by atoms with Crippen LogP contribution in [0.4, 0.5) is 4.39 Å². The van der Waals surface area contributed by atoms with Crippen molar-refractivity contribution in [2.45, 2.75) is 6.04 Å². The molecule has 0 radical (unpaired) electrons. The molecular weight excluding hydrogens is 307 g/mol. The second kappa shape index (κ2) is 6.89. The summed E-state index contributed by atoms with van der Waals surface area (Å²) in [5.41, 5.74) is 0.371. The van der Waals surface area contributed by atoms with Crippen LogP contribution in [0.25, 0.3) is 0 Å². The van der Waals surface area contributed by atoms with Crippen molar-refractivity contribution in [2.75, 3.05) is 19.6 Å². The molecule has 2 heterocycles. The van der Waals surface area contributed by atoms with E-state index >= 15 is 0 Å². The maximum absolute atomic E-state index is 13.3. The van der Waals surface area contributed by atoms with Gasteiger partial charge in [0.2, 0.25) is 0 Å². The Bertz CT molecular complexity index is 660. The van der Waals surface area contributed by atoms with E-state index in [1.165, 1.54) is 12.1 Å². The minimum absolute atomic E-state index is 0. The third-order valence-corrected chi connectivity index (χ3v) is 3.73. The Morgan fingerprint density at radius 1 is 1.45 bits per heavy atom. The van der Waals surface area contributed by atoms with Gasteiger partial charge in [0, 0.05) is 44.6 Å². The lowest BCUT2D eigenvalue weighted by Crippen LogP contribution is -2.49. The van der Waals surface area contributed by atoms with E-state index in [1.807, 2.05) is 17.8 Å². The molecule has 0 saturated carbocycles. The summed E-state index contributed by atoms with van der Waals surface area (Å²) >= 11 is 0. The standard InChI is InChI=1S/C15H17FN4O.ClH/c1-19-7-6-18-14(19)13-10-17-5-8-20(13)15(21)11-3-2-4-12(16)9-11;/h2-4,6-7,9,13,17H,5,8,10H2,1H3;1H. The van der Waals surface area contributed by atoms with Crippen LogP contribution < -0.4 is 5.32 Å². The van der Waals surface area contributed by atoms with Gasteiger partial charge >= 0.3 is 0 Å². The minimum atomic E-state index is -0.399. The molecule has 1 N–H and O–H groups in total.